The number of aromatic nitrogens is 1. The summed E-state index contributed by atoms with van der Waals surface area (Å²) >= 11 is 3.44. The highest BCUT2D eigenvalue weighted by Gasteiger charge is 2.36. The van der Waals surface area contributed by atoms with Crippen LogP contribution in [0.25, 0.3) is 0 Å². The van der Waals surface area contributed by atoms with E-state index < -0.39 is 0 Å². The maximum Gasteiger partial charge on any atom is 0.0772 e. The van der Waals surface area contributed by atoms with Crippen molar-refractivity contribution in [1.82, 2.24) is 10.4 Å². The summed E-state index contributed by atoms with van der Waals surface area (Å²) in [6.07, 6.45) is 7.21. The molecule has 1 fully saturated rings. The molecular weight excluding hydrogens is 294 g/mol. The summed E-state index contributed by atoms with van der Waals surface area (Å²) in [4.78, 5) is 4.18. The van der Waals surface area contributed by atoms with Crippen LogP contribution in [0, 0.1) is 5.92 Å². The number of hydrogen-bond acceptors (Lipinski definition) is 4. The summed E-state index contributed by atoms with van der Waals surface area (Å²) in [5.41, 5.74) is 4.07. The predicted octanol–water partition coefficient (Wildman–Crippen LogP) is 2.03. The summed E-state index contributed by atoms with van der Waals surface area (Å²) in [7, 11) is 0. The van der Waals surface area contributed by atoms with Crippen molar-refractivity contribution in [2.24, 2.45) is 11.8 Å². The molecule has 2 atom stereocenters. The lowest BCUT2D eigenvalue weighted by molar-refractivity contribution is 0.0192. The molecule has 1 aromatic rings. The smallest absolute Gasteiger partial charge is 0.0772 e. The summed E-state index contributed by atoms with van der Waals surface area (Å²) in [5.74, 6) is 6.35. The lowest BCUT2D eigenvalue weighted by Crippen LogP contribution is -2.47. The van der Waals surface area contributed by atoms with E-state index in [1.54, 1.807) is 6.20 Å². The maximum atomic E-state index is 5.85. The van der Waals surface area contributed by atoms with Gasteiger partial charge in [-0.15, -0.1) is 0 Å². The average Bonchev–Trinajstić information content (AvgIpc) is 3.18. The highest BCUT2D eigenvalue weighted by atomic mass is 79.9. The minimum Gasteiger partial charge on any atom is -0.377 e. The van der Waals surface area contributed by atoms with E-state index in [1.165, 1.54) is 12.8 Å². The Bertz CT molecular complexity index is 384. The average molecular weight is 314 g/mol. The van der Waals surface area contributed by atoms with Gasteiger partial charge in [0.1, 0.15) is 0 Å². The van der Waals surface area contributed by atoms with Crippen molar-refractivity contribution in [1.29, 1.82) is 0 Å². The second kappa shape index (κ2) is 6.61. The van der Waals surface area contributed by atoms with Crippen molar-refractivity contribution in [2.45, 2.75) is 38.3 Å². The van der Waals surface area contributed by atoms with Crippen LogP contribution in [0.4, 0.5) is 0 Å². The normalized spacial score (nSPS) is 18.6. The van der Waals surface area contributed by atoms with Gasteiger partial charge in [-0.2, -0.15) is 0 Å². The fraction of sp³-hybridized carbons (Fsp3) is 0.615. The molecule has 0 aliphatic heterocycles. The van der Waals surface area contributed by atoms with Crippen LogP contribution in [-0.4, -0.2) is 23.7 Å². The molecule has 0 radical (unpaired) electrons. The molecule has 18 heavy (non-hydrogen) atoms. The van der Waals surface area contributed by atoms with Gasteiger partial charge >= 0.3 is 0 Å². The zero-order valence-electron chi connectivity index (χ0n) is 10.6. The number of halogens is 1. The van der Waals surface area contributed by atoms with E-state index in [4.69, 9.17) is 10.6 Å². The van der Waals surface area contributed by atoms with Gasteiger partial charge in [0.15, 0.2) is 0 Å². The monoisotopic (exact) mass is 313 g/mol. The zero-order valence-corrected chi connectivity index (χ0v) is 12.2. The number of hydrogen-bond donors (Lipinski definition) is 2. The first-order valence-corrected chi connectivity index (χ1v) is 7.21. The Morgan fingerprint density at radius 2 is 2.33 bits per heavy atom. The van der Waals surface area contributed by atoms with Crippen LogP contribution < -0.4 is 11.3 Å². The van der Waals surface area contributed by atoms with Crippen LogP contribution in [-0.2, 0) is 11.2 Å². The Hall–Kier alpha value is -0.490. The summed E-state index contributed by atoms with van der Waals surface area (Å²) in [5, 5.41) is 0. The molecule has 100 valence electrons. The van der Waals surface area contributed by atoms with E-state index in [0.717, 1.165) is 23.1 Å². The molecule has 2 rings (SSSR count). The molecule has 4 nitrogen and oxygen atoms in total. The molecule has 0 aromatic carbocycles. The van der Waals surface area contributed by atoms with E-state index in [2.05, 4.69) is 32.4 Å². The van der Waals surface area contributed by atoms with Crippen LogP contribution >= 0.6 is 15.9 Å². The molecule has 5 heteroatoms. The van der Waals surface area contributed by atoms with E-state index in [9.17, 15) is 0 Å². The third kappa shape index (κ3) is 3.75. The van der Waals surface area contributed by atoms with Crippen molar-refractivity contribution >= 4 is 15.9 Å². The second-order valence-corrected chi connectivity index (χ2v) is 5.66. The molecule has 1 aliphatic rings. The van der Waals surface area contributed by atoms with Crippen molar-refractivity contribution in [3.8, 4) is 0 Å². The van der Waals surface area contributed by atoms with E-state index in [-0.39, 0.29) is 12.1 Å². The molecule has 0 bridgehead atoms. The Balaban J connectivity index is 2.03. The van der Waals surface area contributed by atoms with Crippen molar-refractivity contribution in [2.75, 3.05) is 6.61 Å². The molecule has 2 unspecified atom stereocenters. The van der Waals surface area contributed by atoms with Crippen molar-refractivity contribution < 1.29 is 4.74 Å². The van der Waals surface area contributed by atoms with Crippen LogP contribution in [0.1, 0.15) is 25.3 Å². The standard InChI is InChI=1S/C13H20BrN3O/c1-2-18-13(10-3-4-10)12(17-15)6-9-5-11(14)8-16-7-9/h5,7-8,10,12-13,17H,2-4,6,15H2,1H3. The van der Waals surface area contributed by atoms with Crippen molar-refractivity contribution in [3.05, 3.63) is 28.5 Å². The van der Waals surface area contributed by atoms with Gasteiger partial charge in [-0.25, -0.2) is 0 Å². The number of rotatable bonds is 7. The first kappa shape index (κ1) is 13.9. The number of nitrogens with one attached hydrogen (secondary N) is 1. The number of nitrogens with two attached hydrogens (primary N) is 1. The molecule has 0 amide bonds. The number of pyridine rings is 1. The molecule has 3 N–H and O–H groups in total. The first-order chi connectivity index (χ1) is 8.74. The quantitative estimate of drug-likeness (QED) is 0.597. The van der Waals surface area contributed by atoms with Gasteiger partial charge < -0.3 is 4.74 Å². The fourth-order valence-electron chi connectivity index (χ4n) is 2.29. The van der Waals surface area contributed by atoms with Crippen LogP contribution in [0.3, 0.4) is 0 Å². The Kier molecular flexibility index (Phi) is 5.12. The molecule has 0 spiro atoms. The number of ether oxygens (including phenoxy) is 1. The molecule has 1 aromatic heterocycles. The minimum atomic E-state index is 0.147. The van der Waals surface area contributed by atoms with Crippen molar-refractivity contribution in [3.63, 3.8) is 0 Å². The predicted molar refractivity (Wildman–Crippen MR) is 74.9 cm³/mol. The molecule has 1 aliphatic carbocycles. The summed E-state index contributed by atoms with van der Waals surface area (Å²) in [6, 6.07) is 2.22. The fourth-order valence-corrected chi connectivity index (χ4v) is 2.70. The van der Waals surface area contributed by atoms with E-state index in [1.807, 2.05) is 13.1 Å². The van der Waals surface area contributed by atoms with Crippen LogP contribution in [0.15, 0.2) is 22.9 Å². The van der Waals surface area contributed by atoms with E-state index >= 15 is 0 Å². The number of hydrazine groups is 1. The first-order valence-electron chi connectivity index (χ1n) is 6.41. The van der Waals surface area contributed by atoms with Gasteiger partial charge in [0.05, 0.1) is 12.1 Å². The van der Waals surface area contributed by atoms with Gasteiger partial charge in [0.25, 0.3) is 0 Å². The second-order valence-electron chi connectivity index (χ2n) is 4.75. The SMILES string of the molecule is CCOC(C1CC1)C(Cc1cncc(Br)c1)NN. The van der Waals surface area contributed by atoms with Crippen LogP contribution in [0.5, 0.6) is 0 Å². The molecular formula is C13H20BrN3O. The van der Waals surface area contributed by atoms with Gasteiger partial charge in [0.2, 0.25) is 0 Å². The lowest BCUT2D eigenvalue weighted by Gasteiger charge is -2.26. The molecule has 1 saturated carbocycles. The largest absolute Gasteiger partial charge is 0.377 e. The Morgan fingerprint density at radius 1 is 1.56 bits per heavy atom. The summed E-state index contributed by atoms with van der Waals surface area (Å²) in [6.45, 7) is 2.76. The minimum absolute atomic E-state index is 0.147. The maximum absolute atomic E-state index is 5.85. The lowest BCUT2D eigenvalue weighted by atomic mass is 10.00. The Labute approximate surface area is 116 Å². The van der Waals surface area contributed by atoms with E-state index in [0.29, 0.717) is 5.92 Å². The van der Waals surface area contributed by atoms with Crippen LogP contribution in [0.2, 0.25) is 0 Å². The van der Waals surface area contributed by atoms with Gasteiger partial charge in [-0.05, 0) is 59.7 Å². The van der Waals surface area contributed by atoms with Gasteiger partial charge in [0, 0.05) is 23.5 Å². The molecule has 1 heterocycles. The Morgan fingerprint density at radius 3 is 2.89 bits per heavy atom. The highest BCUT2D eigenvalue weighted by molar-refractivity contribution is 9.10. The third-order valence-electron chi connectivity index (χ3n) is 3.27. The topological polar surface area (TPSA) is 60.2 Å². The highest BCUT2D eigenvalue weighted by Crippen LogP contribution is 2.36. The molecule has 0 saturated heterocycles. The van der Waals surface area contributed by atoms with Gasteiger partial charge in [-0.1, -0.05) is 0 Å². The van der Waals surface area contributed by atoms with Gasteiger partial charge in [-0.3, -0.25) is 16.3 Å². The zero-order chi connectivity index (χ0) is 13.0. The number of nitrogens with zero attached hydrogens (tertiary/aromatic N) is 1. The summed E-state index contributed by atoms with van der Waals surface area (Å²) < 4.78 is 6.84. The third-order valence-corrected chi connectivity index (χ3v) is 3.71.